The van der Waals surface area contributed by atoms with Crippen LogP contribution in [0.15, 0.2) is 23.0 Å². The predicted octanol–water partition coefficient (Wildman–Crippen LogP) is -2.47. The number of ketones is 1. The number of methoxy groups -OCH3 is 1. The van der Waals surface area contributed by atoms with E-state index in [0.29, 0.717) is 5.57 Å². The summed E-state index contributed by atoms with van der Waals surface area (Å²) in [6.07, 6.45) is -14.3. The van der Waals surface area contributed by atoms with E-state index in [2.05, 4.69) is 0 Å². The summed E-state index contributed by atoms with van der Waals surface area (Å²) in [6.45, 7) is 6.55. The lowest BCUT2D eigenvalue weighted by Gasteiger charge is -2.67. The minimum absolute atomic E-state index is 0.00228. The molecule has 17 heteroatoms. The van der Waals surface area contributed by atoms with Crippen LogP contribution in [0, 0.1) is 28.6 Å². The maximum Gasteiger partial charge on any atom is 0.348 e. The van der Waals surface area contributed by atoms with Gasteiger partial charge in [0.15, 0.2) is 11.5 Å². The number of aliphatic hydroxyl groups is 7. The van der Waals surface area contributed by atoms with Gasteiger partial charge in [0.05, 0.1) is 37.9 Å². The molecule has 2 bridgehead atoms. The summed E-state index contributed by atoms with van der Waals surface area (Å²) >= 11 is 0. The van der Waals surface area contributed by atoms with Gasteiger partial charge in [-0.15, -0.1) is 0 Å². The van der Waals surface area contributed by atoms with E-state index in [0.717, 1.165) is 13.2 Å². The van der Waals surface area contributed by atoms with Gasteiger partial charge in [-0.25, -0.2) is 14.4 Å². The fourth-order valence-corrected chi connectivity index (χ4v) is 9.80. The molecule has 3 aliphatic carbocycles. The maximum atomic E-state index is 14.0. The van der Waals surface area contributed by atoms with Crippen molar-refractivity contribution in [1.82, 2.24) is 0 Å². The first-order valence-corrected chi connectivity index (χ1v) is 16.8. The highest BCUT2D eigenvalue weighted by molar-refractivity contribution is 5.96. The van der Waals surface area contributed by atoms with Gasteiger partial charge in [-0.1, -0.05) is 6.92 Å². The van der Waals surface area contributed by atoms with Crippen molar-refractivity contribution < 1.29 is 83.3 Å². The molecule has 0 amide bonds. The van der Waals surface area contributed by atoms with Crippen molar-refractivity contribution in [2.45, 2.75) is 114 Å². The first-order valence-electron chi connectivity index (χ1n) is 16.8. The molecular weight excluding hydrogens is 680 g/mol. The smallest absolute Gasteiger partial charge is 0.348 e. The van der Waals surface area contributed by atoms with E-state index in [4.69, 9.17) is 28.4 Å². The molecule has 3 saturated heterocycles. The fourth-order valence-electron chi connectivity index (χ4n) is 9.80. The molecule has 3 heterocycles. The molecule has 7 N–H and O–H groups in total. The minimum atomic E-state index is -2.38. The van der Waals surface area contributed by atoms with E-state index in [1.807, 2.05) is 0 Å². The van der Waals surface area contributed by atoms with Crippen LogP contribution in [0.4, 0.5) is 0 Å². The number of Topliss-reactive ketones (excluding diaryl/α,β-unsaturated/α-hetero) is 1. The Kier molecular flexibility index (Phi) is 9.29. The number of hydrogen-bond donors (Lipinski definition) is 7. The van der Waals surface area contributed by atoms with Crippen molar-refractivity contribution in [1.29, 1.82) is 0 Å². The van der Waals surface area contributed by atoms with Crippen LogP contribution in [0.5, 0.6) is 0 Å². The summed E-state index contributed by atoms with van der Waals surface area (Å²) in [5.74, 6) is -7.35. The van der Waals surface area contributed by atoms with Gasteiger partial charge in [0.25, 0.3) is 0 Å². The standard InChI is InChI=1S/C34H46O17/c1-12(31(3,4)45)7-18(37)50-24-26-33-11-47-34(26,30(44)46-6)27(42)22(41)25(33)32(5)9-15(36)23(13(2)14(32)8-17(33)49-28(24)43)51-29-21(40)20(39)19(38)16(10-35)48-29/h7,14,16-17,19-22,24-27,29,35,38-42,45H,8-11H2,1-6H3/b12-7+/t14?,16-,17-,19-,20+,21-,22?,24-,25?,26-,27?,29+,32+,33-,34+/m1/s1. The summed E-state index contributed by atoms with van der Waals surface area (Å²) in [7, 11) is 1.04. The van der Waals surface area contributed by atoms with E-state index in [-0.39, 0.29) is 30.8 Å². The lowest BCUT2D eigenvalue weighted by atomic mass is 9.38. The molecule has 4 unspecified atom stereocenters. The summed E-state index contributed by atoms with van der Waals surface area (Å²) in [4.78, 5) is 54.7. The van der Waals surface area contributed by atoms with Crippen molar-refractivity contribution in [2.24, 2.45) is 28.6 Å². The van der Waals surface area contributed by atoms with Crippen molar-refractivity contribution in [3.05, 3.63) is 23.0 Å². The summed E-state index contributed by atoms with van der Waals surface area (Å²) in [5.41, 5.74) is -6.03. The van der Waals surface area contributed by atoms with E-state index >= 15 is 0 Å². The van der Waals surface area contributed by atoms with Crippen LogP contribution in [-0.2, 0) is 47.6 Å². The van der Waals surface area contributed by atoms with Crippen molar-refractivity contribution in [3.63, 3.8) is 0 Å². The SMILES string of the molecule is COC(=O)[C@@]12OC[C@]34C(C(O)C1O)[C@@]1(C)CC(=O)C(O[C@@H]5O[C@H](CO)[C@@H](O)[C@H](O)[C@H]5O)=C(C)C1C[C@H]3OC(=O)[C@H](OC(=O)/C=C(\C)C(C)(C)O)[C@H]42. The second-order valence-corrected chi connectivity index (χ2v) is 15.5. The van der Waals surface area contributed by atoms with Crippen LogP contribution in [0.3, 0.4) is 0 Å². The maximum absolute atomic E-state index is 14.0. The van der Waals surface area contributed by atoms with Gasteiger partial charge in [-0.2, -0.15) is 0 Å². The summed E-state index contributed by atoms with van der Waals surface area (Å²) in [5, 5.41) is 74.9. The number of carbonyl (C=O) groups is 4. The zero-order chi connectivity index (χ0) is 37.7. The number of rotatable bonds is 7. The zero-order valence-corrected chi connectivity index (χ0v) is 29.0. The number of hydrogen-bond acceptors (Lipinski definition) is 17. The Bertz CT molecular complexity index is 1550. The lowest BCUT2D eigenvalue weighted by molar-refractivity contribution is -0.296. The van der Waals surface area contributed by atoms with E-state index < -0.39 is 125 Å². The van der Waals surface area contributed by atoms with Gasteiger partial charge < -0.3 is 64.2 Å². The highest BCUT2D eigenvalue weighted by Gasteiger charge is 2.85. The van der Waals surface area contributed by atoms with Crippen molar-refractivity contribution in [2.75, 3.05) is 20.3 Å². The Balaban J connectivity index is 1.43. The molecule has 0 aromatic rings. The molecule has 6 rings (SSSR count). The molecule has 51 heavy (non-hydrogen) atoms. The lowest BCUT2D eigenvalue weighted by Crippen LogP contribution is -2.79. The van der Waals surface area contributed by atoms with Gasteiger partial charge in [-0.3, -0.25) is 4.79 Å². The Morgan fingerprint density at radius 2 is 1.71 bits per heavy atom. The second kappa shape index (κ2) is 12.6. The third-order valence-electron chi connectivity index (χ3n) is 12.4. The molecule has 1 spiro atoms. The quantitative estimate of drug-likeness (QED) is 0.0814. The highest BCUT2D eigenvalue weighted by Crippen LogP contribution is 2.73. The van der Waals surface area contributed by atoms with Gasteiger partial charge in [-0.05, 0) is 56.6 Å². The molecule has 6 aliphatic rings. The molecule has 2 saturated carbocycles. The van der Waals surface area contributed by atoms with E-state index in [1.165, 1.54) is 20.8 Å². The molecule has 0 aromatic carbocycles. The van der Waals surface area contributed by atoms with E-state index in [1.54, 1.807) is 13.8 Å². The van der Waals surface area contributed by atoms with Crippen molar-refractivity contribution in [3.8, 4) is 0 Å². The Labute approximate surface area is 292 Å². The first-order chi connectivity index (χ1) is 23.7. The topological polar surface area (TPSA) is 265 Å². The second-order valence-electron chi connectivity index (χ2n) is 15.5. The Hall–Kier alpha value is -3.00. The zero-order valence-electron chi connectivity index (χ0n) is 29.0. The van der Waals surface area contributed by atoms with Crippen LogP contribution in [0.1, 0.15) is 47.5 Å². The van der Waals surface area contributed by atoms with Crippen LogP contribution in [0.2, 0.25) is 0 Å². The van der Waals surface area contributed by atoms with Gasteiger partial charge >= 0.3 is 17.9 Å². The molecule has 17 nitrogen and oxygen atoms in total. The number of fused-ring (bicyclic) bond motifs is 2. The number of allylic oxidation sites excluding steroid dienone is 2. The summed E-state index contributed by atoms with van der Waals surface area (Å²) < 4.78 is 34.2. The molecular formula is C34H46O17. The number of esters is 3. The van der Waals surface area contributed by atoms with Crippen LogP contribution >= 0.6 is 0 Å². The normalized spacial score (nSPS) is 46.5. The molecule has 0 radical (unpaired) electrons. The van der Waals surface area contributed by atoms with Crippen LogP contribution < -0.4 is 0 Å². The van der Waals surface area contributed by atoms with Crippen LogP contribution in [-0.4, -0.2) is 146 Å². The predicted molar refractivity (Wildman–Crippen MR) is 165 cm³/mol. The Morgan fingerprint density at radius 1 is 1.04 bits per heavy atom. The molecule has 3 aliphatic heterocycles. The largest absolute Gasteiger partial charge is 0.467 e. The third kappa shape index (κ3) is 5.22. The fraction of sp³-hybridized carbons (Fsp3) is 0.765. The Morgan fingerprint density at radius 3 is 2.31 bits per heavy atom. The van der Waals surface area contributed by atoms with E-state index in [9.17, 15) is 54.9 Å². The van der Waals surface area contributed by atoms with Crippen LogP contribution in [0.25, 0.3) is 0 Å². The first kappa shape index (κ1) is 37.7. The third-order valence-corrected chi connectivity index (χ3v) is 12.4. The average Bonchev–Trinajstić information content (AvgIpc) is 3.36. The van der Waals surface area contributed by atoms with Gasteiger partial charge in [0.2, 0.25) is 18.0 Å². The minimum Gasteiger partial charge on any atom is -0.467 e. The molecule has 15 atom stereocenters. The highest BCUT2D eigenvalue weighted by atomic mass is 16.7. The number of carbonyl (C=O) groups excluding carboxylic acids is 4. The van der Waals surface area contributed by atoms with Crippen molar-refractivity contribution >= 4 is 23.7 Å². The number of ether oxygens (including phenoxy) is 6. The molecule has 5 fully saturated rings. The molecule has 0 aromatic heterocycles. The van der Waals surface area contributed by atoms with Gasteiger partial charge in [0.1, 0.15) is 36.6 Å². The molecule has 284 valence electrons. The summed E-state index contributed by atoms with van der Waals surface area (Å²) in [6, 6.07) is 0. The number of aliphatic hydroxyl groups excluding tert-OH is 6. The average molecular weight is 727 g/mol. The van der Waals surface area contributed by atoms with Gasteiger partial charge in [0, 0.05) is 23.8 Å². The monoisotopic (exact) mass is 726 g/mol.